The average molecular weight is 275 g/mol. The summed E-state index contributed by atoms with van der Waals surface area (Å²) in [5, 5.41) is 3.55. The molecule has 0 aromatic heterocycles. The minimum atomic E-state index is 0.493. The van der Waals surface area contributed by atoms with Crippen LogP contribution in [0.2, 0.25) is 0 Å². The zero-order valence-corrected chi connectivity index (χ0v) is 12.6. The number of nitrogens with one attached hydrogen (secondary N) is 1. The van der Waals surface area contributed by atoms with E-state index in [4.69, 9.17) is 4.74 Å². The van der Waals surface area contributed by atoms with E-state index in [1.807, 2.05) is 0 Å². The molecule has 1 aromatic rings. The van der Waals surface area contributed by atoms with Gasteiger partial charge in [0, 0.05) is 45.3 Å². The highest BCUT2D eigenvalue weighted by atomic mass is 16.5. The Hall–Kier alpha value is -1.10. The van der Waals surface area contributed by atoms with Crippen molar-refractivity contribution in [2.24, 2.45) is 0 Å². The molecule has 0 amide bonds. The van der Waals surface area contributed by atoms with E-state index in [1.165, 1.54) is 30.8 Å². The Morgan fingerprint density at radius 2 is 2.05 bits per heavy atom. The van der Waals surface area contributed by atoms with E-state index in [0.717, 1.165) is 31.9 Å². The Kier molecular flexibility index (Phi) is 4.24. The number of ether oxygens (including phenoxy) is 1. The molecule has 0 aliphatic carbocycles. The molecule has 4 nitrogen and oxygen atoms in total. The number of benzene rings is 1. The van der Waals surface area contributed by atoms with Gasteiger partial charge in [-0.15, -0.1) is 0 Å². The van der Waals surface area contributed by atoms with Gasteiger partial charge in [-0.05, 0) is 29.8 Å². The Balaban J connectivity index is 1.79. The highest BCUT2D eigenvalue weighted by molar-refractivity contribution is 5.39. The molecule has 0 spiro atoms. The van der Waals surface area contributed by atoms with Crippen LogP contribution in [0.15, 0.2) is 18.2 Å². The van der Waals surface area contributed by atoms with E-state index in [-0.39, 0.29) is 0 Å². The lowest BCUT2D eigenvalue weighted by molar-refractivity contribution is 0.0948. The summed E-state index contributed by atoms with van der Waals surface area (Å²) in [5.41, 5.74) is 2.87. The van der Waals surface area contributed by atoms with Crippen molar-refractivity contribution in [1.29, 1.82) is 0 Å². The minimum absolute atomic E-state index is 0.493. The summed E-state index contributed by atoms with van der Waals surface area (Å²) in [4.78, 5) is 5.15. The molecule has 2 heterocycles. The summed E-state index contributed by atoms with van der Waals surface area (Å²) in [6, 6.07) is 6.99. The zero-order chi connectivity index (χ0) is 13.9. The summed E-state index contributed by atoms with van der Waals surface area (Å²) < 4.78 is 5.40. The first-order valence-electron chi connectivity index (χ1n) is 7.65. The summed E-state index contributed by atoms with van der Waals surface area (Å²) in [6.45, 7) is 10.1. The zero-order valence-electron chi connectivity index (χ0n) is 12.6. The molecule has 3 rings (SSSR count). The molecule has 0 saturated carbocycles. The van der Waals surface area contributed by atoms with E-state index < -0.39 is 0 Å². The van der Waals surface area contributed by atoms with Crippen LogP contribution in [0.4, 0.5) is 0 Å². The molecular formula is C16H25N3O. The van der Waals surface area contributed by atoms with Crippen LogP contribution in [0.1, 0.15) is 24.1 Å². The molecule has 0 unspecified atom stereocenters. The summed E-state index contributed by atoms with van der Waals surface area (Å²) in [7, 11) is 1.75. The maximum absolute atomic E-state index is 5.40. The van der Waals surface area contributed by atoms with Crippen molar-refractivity contribution in [1.82, 2.24) is 15.1 Å². The summed E-state index contributed by atoms with van der Waals surface area (Å²) >= 11 is 0. The number of fused-ring (bicyclic) bond motifs is 1. The topological polar surface area (TPSA) is 27.7 Å². The molecular weight excluding hydrogens is 250 g/mol. The monoisotopic (exact) mass is 275 g/mol. The fraction of sp³-hybridized carbons (Fsp3) is 0.625. The van der Waals surface area contributed by atoms with Crippen LogP contribution < -0.4 is 10.1 Å². The third kappa shape index (κ3) is 2.68. The van der Waals surface area contributed by atoms with Crippen molar-refractivity contribution >= 4 is 0 Å². The molecule has 1 aromatic carbocycles. The quantitative estimate of drug-likeness (QED) is 0.904. The van der Waals surface area contributed by atoms with Gasteiger partial charge >= 0.3 is 0 Å². The number of rotatable bonds is 3. The molecule has 0 bridgehead atoms. The summed E-state index contributed by atoms with van der Waals surface area (Å²) in [5.74, 6) is 0.975. The number of methoxy groups -OCH3 is 1. The molecule has 2 aliphatic rings. The highest BCUT2D eigenvalue weighted by Crippen LogP contribution is 2.31. The van der Waals surface area contributed by atoms with E-state index in [0.29, 0.717) is 6.04 Å². The highest BCUT2D eigenvalue weighted by Gasteiger charge is 2.28. The molecule has 1 fully saturated rings. The van der Waals surface area contributed by atoms with Crippen molar-refractivity contribution in [2.45, 2.75) is 19.5 Å². The predicted molar refractivity (Wildman–Crippen MR) is 81.1 cm³/mol. The second-order valence-corrected chi connectivity index (χ2v) is 5.68. The van der Waals surface area contributed by atoms with Gasteiger partial charge in [0.15, 0.2) is 0 Å². The van der Waals surface area contributed by atoms with Gasteiger partial charge in [0.2, 0.25) is 0 Å². The molecule has 4 heteroatoms. The van der Waals surface area contributed by atoms with Crippen molar-refractivity contribution in [3.05, 3.63) is 29.3 Å². The SMILES string of the molecule is CCN1CCN([C@H]2CNCc3ccc(OC)cc32)CC1. The molecule has 2 aliphatic heterocycles. The first-order valence-corrected chi connectivity index (χ1v) is 7.65. The normalized spacial score (nSPS) is 24.4. The Labute approximate surface area is 121 Å². The van der Waals surface area contributed by atoms with E-state index in [2.05, 4.69) is 40.2 Å². The van der Waals surface area contributed by atoms with E-state index >= 15 is 0 Å². The Morgan fingerprint density at radius 1 is 1.25 bits per heavy atom. The van der Waals surface area contributed by atoms with E-state index in [9.17, 15) is 0 Å². The van der Waals surface area contributed by atoms with Gasteiger partial charge in [0.1, 0.15) is 5.75 Å². The second kappa shape index (κ2) is 6.12. The average Bonchev–Trinajstić information content (AvgIpc) is 2.54. The third-order valence-electron chi connectivity index (χ3n) is 4.66. The van der Waals surface area contributed by atoms with Crippen LogP contribution in [0.3, 0.4) is 0 Å². The van der Waals surface area contributed by atoms with Crippen LogP contribution in [-0.2, 0) is 6.54 Å². The molecule has 1 N–H and O–H groups in total. The van der Waals surface area contributed by atoms with Crippen LogP contribution in [0.5, 0.6) is 5.75 Å². The van der Waals surface area contributed by atoms with Gasteiger partial charge in [-0.2, -0.15) is 0 Å². The molecule has 110 valence electrons. The lowest BCUT2D eigenvalue weighted by Gasteiger charge is -2.41. The van der Waals surface area contributed by atoms with Crippen molar-refractivity contribution < 1.29 is 4.74 Å². The molecule has 1 saturated heterocycles. The van der Waals surface area contributed by atoms with Crippen LogP contribution in [0, 0.1) is 0 Å². The lowest BCUT2D eigenvalue weighted by Crippen LogP contribution is -2.50. The van der Waals surface area contributed by atoms with Crippen molar-refractivity contribution in [3.63, 3.8) is 0 Å². The second-order valence-electron chi connectivity index (χ2n) is 5.68. The third-order valence-corrected chi connectivity index (χ3v) is 4.66. The number of nitrogens with zero attached hydrogens (tertiary/aromatic N) is 2. The van der Waals surface area contributed by atoms with Gasteiger partial charge in [0.25, 0.3) is 0 Å². The lowest BCUT2D eigenvalue weighted by atomic mass is 9.94. The Bertz CT molecular complexity index is 455. The number of likely N-dealkylation sites (N-methyl/N-ethyl adjacent to an activating group) is 1. The Morgan fingerprint density at radius 3 is 2.75 bits per heavy atom. The standard InChI is InChI=1S/C16H25N3O/c1-3-18-6-8-19(9-7-18)16-12-17-11-13-4-5-14(20-2)10-15(13)16/h4-5,10,16-17H,3,6-9,11-12H2,1-2H3/t16-/m0/s1. The summed E-state index contributed by atoms with van der Waals surface area (Å²) in [6.07, 6.45) is 0. The molecule has 1 atom stereocenters. The maximum atomic E-state index is 5.40. The smallest absolute Gasteiger partial charge is 0.119 e. The number of hydrogen-bond donors (Lipinski definition) is 1. The van der Waals surface area contributed by atoms with Crippen LogP contribution in [-0.4, -0.2) is 56.2 Å². The van der Waals surface area contributed by atoms with Crippen molar-refractivity contribution in [2.75, 3.05) is 46.4 Å². The van der Waals surface area contributed by atoms with Gasteiger partial charge in [-0.1, -0.05) is 13.0 Å². The fourth-order valence-electron chi connectivity index (χ4n) is 3.34. The van der Waals surface area contributed by atoms with Gasteiger partial charge in [-0.25, -0.2) is 0 Å². The van der Waals surface area contributed by atoms with Crippen LogP contribution >= 0.6 is 0 Å². The van der Waals surface area contributed by atoms with Crippen molar-refractivity contribution in [3.8, 4) is 5.75 Å². The fourth-order valence-corrected chi connectivity index (χ4v) is 3.34. The minimum Gasteiger partial charge on any atom is -0.497 e. The number of hydrogen-bond acceptors (Lipinski definition) is 4. The van der Waals surface area contributed by atoms with Gasteiger partial charge in [0.05, 0.1) is 7.11 Å². The van der Waals surface area contributed by atoms with Gasteiger partial charge in [-0.3, -0.25) is 4.90 Å². The molecule has 20 heavy (non-hydrogen) atoms. The van der Waals surface area contributed by atoms with Crippen LogP contribution in [0.25, 0.3) is 0 Å². The first-order chi connectivity index (χ1) is 9.81. The predicted octanol–water partition coefficient (Wildman–Crippen LogP) is 1.48. The largest absolute Gasteiger partial charge is 0.497 e. The maximum Gasteiger partial charge on any atom is 0.119 e. The van der Waals surface area contributed by atoms with Gasteiger partial charge < -0.3 is 15.0 Å². The number of piperazine rings is 1. The molecule has 0 radical (unpaired) electrons. The van der Waals surface area contributed by atoms with E-state index in [1.54, 1.807) is 7.11 Å². The first kappa shape index (κ1) is 13.9.